The number of nitrogens with zero attached hydrogens (tertiary/aromatic N) is 2. The van der Waals surface area contributed by atoms with Gasteiger partial charge in [0.25, 0.3) is 0 Å². The van der Waals surface area contributed by atoms with Crippen LogP contribution in [0, 0.1) is 11.3 Å². The molecule has 0 amide bonds. The molecular formula is C48H28N2. The quantitative estimate of drug-likeness (QED) is 0.182. The second kappa shape index (κ2) is 11.1. The van der Waals surface area contributed by atoms with Gasteiger partial charge in [-0.05, 0) is 101 Å². The summed E-state index contributed by atoms with van der Waals surface area (Å²) in [6.45, 7) is 0. The fourth-order valence-electron chi connectivity index (χ4n) is 7.99. The molecule has 0 bridgehead atoms. The topological polar surface area (TPSA) is 36.7 Å². The van der Waals surface area contributed by atoms with Crippen LogP contribution in [0.3, 0.4) is 0 Å². The lowest BCUT2D eigenvalue weighted by Crippen LogP contribution is -1.95. The average Bonchev–Trinajstić information content (AvgIpc) is 3.19. The first kappa shape index (κ1) is 28.2. The number of nitriles is 1. The Morgan fingerprint density at radius 1 is 0.340 bits per heavy atom. The molecule has 2 nitrogen and oxygen atoms in total. The van der Waals surface area contributed by atoms with Crippen molar-refractivity contribution in [1.82, 2.24) is 4.98 Å². The van der Waals surface area contributed by atoms with Crippen LogP contribution in [0.15, 0.2) is 170 Å². The first-order chi connectivity index (χ1) is 24.8. The smallest absolute Gasteiger partial charge is 0.0998 e. The molecule has 2 heteroatoms. The summed E-state index contributed by atoms with van der Waals surface area (Å²) in [6, 6.07) is 62.8. The molecule has 230 valence electrons. The van der Waals surface area contributed by atoms with Crippen LogP contribution in [0.4, 0.5) is 0 Å². The van der Waals surface area contributed by atoms with Crippen molar-refractivity contribution < 1.29 is 0 Å². The van der Waals surface area contributed by atoms with Gasteiger partial charge in [-0.3, -0.25) is 0 Å². The second-order valence-corrected chi connectivity index (χ2v) is 13.0. The molecule has 0 aliphatic heterocycles. The van der Waals surface area contributed by atoms with E-state index in [9.17, 15) is 5.26 Å². The van der Waals surface area contributed by atoms with Crippen molar-refractivity contribution >= 4 is 64.8 Å². The van der Waals surface area contributed by atoms with Crippen LogP contribution in [-0.4, -0.2) is 4.98 Å². The normalized spacial score (nSPS) is 11.6. The van der Waals surface area contributed by atoms with Crippen molar-refractivity contribution in [3.05, 3.63) is 175 Å². The van der Waals surface area contributed by atoms with Gasteiger partial charge in [0.15, 0.2) is 0 Å². The molecule has 0 atom stereocenters. The van der Waals surface area contributed by atoms with Gasteiger partial charge in [0.2, 0.25) is 0 Å². The molecule has 50 heavy (non-hydrogen) atoms. The van der Waals surface area contributed by atoms with Gasteiger partial charge in [0.1, 0.15) is 0 Å². The average molecular weight is 633 g/mol. The summed E-state index contributed by atoms with van der Waals surface area (Å²) in [5, 5.41) is 23.2. The highest BCUT2D eigenvalue weighted by Crippen LogP contribution is 2.45. The number of pyridine rings is 1. The SMILES string of the molecule is N#Cc1ccccc1-c1cc(-c2cc3ccccc3c3ccccc23)c2cc(-c3cc4ccccc4c4ccccc34)c3ccccc3c2n1. The standard InChI is InChI=1S/C48H28N2/c49-29-32-15-3-6-18-35(32)47-28-45(43-26-31-14-2-5-17-34(31)37-20-8-10-22-39(37)43)46-27-44(40-23-11-12-24-41(40)48(46)50-47)42-25-30-13-1-4-16-33(30)36-19-7-9-21-38(36)42/h1-28H. The van der Waals surface area contributed by atoms with Crippen LogP contribution >= 0.6 is 0 Å². The number of benzene rings is 9. The molecule has 0 saturated heterocycles. The summed E-state index contributed by atoms with van der Waals surface area (Å²) >= 11 is 0. The maximum atomic E-state index is 10.2. The highest BCUT2D eigenvalue weighted by Gasteiger charge is 2.20. The number of aromatic nitrogens is 1. The lowest BCUT2D eigenvalue weighted by Gasteiger charge is -2.19. The van der Waals surface area contributed by atoms with E-state index in [1.54, 1.807) is 0 Å². The molecular weight excluding hydrogens is 605 g/mol. The van der Waals surface area contributed by atoms with Crippen molar-refractivity contribution in [2.75, 3.05) is 0 Å². The van der Waals surface area contributed by atoms with Gasteiger partial charge in [-0.25, -0.2) is 4.98 Å². The van der Waals surface area contributed by atoms with E-state index >= 15 is 0 Å². The van der Waals surface area contributed by atoms with Gasteiger partial charge in [-0.2, -0.15) is 5.26 Å². The molecule has 1 heterocycles. The molecule has 10 aromatic rings. The predicted molar refractivity (Wildman–Crippen MR) is 210 cm³/mol. The molecule has 0 aliphatic rings. The summed E-state index contributed by atoms with van der Waals surface area (Å²) in [5.74, 6) is 0. The minimum atomic E-state index is 0.609. The number of fused-ring (bicyclic) bond motifs is 9. The van der Waals surface area contributed by atoms with E-state index < -0.39 is 0 Å². The van der Waals surface area contributed by atoms with Crippen molar-refractivity contribution in [3.63, 3.8) is 0 Å². The maximum absolute atomic E-state index is 10.2. The van der Waals surface area contributed by atoms with Crippen molar-refractivity contribution in [2.45, 2.75) is 0 Å². The van der Waals surface area contributed by atoms with Crippen LogP contribution in [0.25, 0.3) is 98.3 Å². The minimum Gasteiger partial charge on any atom is -0.247 e. The largest absolute Gasteiger partial charge is 0.247 e. The minimum absolute atomic E-state index is 0.609. The van der Waals surface area contributed by atoms with Gasteiger partial charge in [-0.1, -0.05) is 140 Å². The van der Waals surface area contributed by atoms with E-state index in [1.807, 2.05) is 24.3 Å². The lowest BCUT2D eigenvalue weighted by atomic mass is 9.86. The number of hydrogen-bond acceptors (Lipinski definition) is 2. The Hall–Kier alpha value is -6.82. The third kappa shape index (κ3) is 4.24. The third-order valence-corrected chi connectivity index (χ3v) is 10.3. The lowest BCUT2D eigenvalue weighted by molar-refractivity contribution is 1.39. The summed E-state index contributed by atoms with van der Waals surface area (Å²) in [6.07, 6.45) is 0. The van der Waals surface area contributed by atoms with Gasteiger partial charge in [0.05, 0.1) is 22.8 Å². The Kier molecular flexibility index (Phi) is 6.28. The zero-order valence-corrected chi connectivity index (χ0v) is 27.1. The van der Waals surface area contributed by atoms with Crippen LogP contribution in [0.5, 0.6) is 0 Å². The molecule has 0 unspecified atom stereocenters. The maximum Gasteiger partial charge on any atom is 0.0998 e. The Morgan fingerprint density at radius 3 is 1.34 bits per heavy atom. The zero-order valence-electron chi connectivity index (χ0n) is 27.1. The molecule has 0 fully saturated rings. The molecule has 1 aromatic heterocycles. The first-order valence-corrected chi connectivity index (χ1v) is 16.9. The molecule has 0 N–H and O–H groups in total. The van der Waals surface area contributed by atoms with E-state index in [4.69, 9.17) is 4.98 Å². The Labute approximate surface area is 289 Å². The Balaban J connectivity index is 1.40. The summed E-state index contributed by atoms with van der Waals surface area (Å²) in [5.41, 5.74) is 7.76. The summed E-state index contributed by atoms with van der Waals surface area (Å²) < 4.78 is 0. The second-order valence-electron chi connectivity index (χ2n) is 13.0. The summed E-state index contributed by atoms with van der Waals surface area (Å²) in [7, 11) is 0. The van der Waals surface area contributed by atoms with E-state index in [-0.39, 0.29) is 0 Å². The molecule has 0 spiro atoms. The molecule has 0 aliphatic carbocycles. The highest BCUT2D eigenvalue weighted by molar-refractivity contribution is 6.23. The van der Waals surface area contributed by atoms with Crippen LogP contribution in [0.1, 0.15) is 5.56 Å². The number of rotatable bonds is 3. The van der Waals surface area contributed by atoms with Crippen LogP contribution in [-0.2, 0) is 0 Å². The molecule has 9 aromatic carbocycles. The fraction of sp³-hybridized carbons (Fsp3) is 0. The van der Waals surface area contributed by atoms with Crippen LogP contribution in [0.2, 0.25) is 0 Å². The van der Waals surface area contributed by atoms with Crippen LogP contribution < -0.4 is 0 Å². The van der Waals surface area contributed by atoms with Crippen molar-refractivity contribution in [3.8, 4) is 39.6 Å². The van der Waals surface area contributed by atoms with Gasteiger partial charge < -0.3 is 0 Å². The van der Waals surface area contributed by atoms with Crippen molar-refractivity contribution in [2.24, 2.45) is 0 Å². The van der Waals surface area contributed by atoms with E-state index in [0.29, 0.717) is 5.56 Å². The van der Waals surface area contributed by atoms with Gasteiger partial charge in [0, 0.05) is 16.3 Å². The predicted octanol–water partition coefficient (Wildman–Crippen LogP) is 12.9. The third-order valence-electron chi connectivity index (χ3n) is 10.3. The summed E-state index contributed by atoms with van der Waals surface area (Å²) in [4.78, 5) is 5.41. The fourth-order valence-corrected chi connectivity index (χ4v) is 7.99. The first-order valence-electron chi connectivity index (χ1n) is 16.9. The van der Waals surface area contributed by atoms with E-state index in [2.05, 4.69) is 152 Å². The van der Waals surface area contributed by atoms with Gasteiger partial charge in [-0.15, -0.1) is 0 Å². The number of hydrogen-bond donors (Lipinski definition) is 0. The monoisotopic (exact) mass is 632 g/mol. The highest BCUT2D eigenvalue weighted by atomic mass is 14.7. The van der Waals surface area contributed by atoms with Crippen molar-refractivity contribution in [1.29, 1.82) is 5.26 Å². The van der Waals surface area contributed by atoms with E-state index in [0.717, 1.165) is 44.1 Å². The van der Waals surface area contributed by atoms with Gasteiger partial charge >= 0.3 is 0 Å². The Morgan fingerprint density at radius 2 is 0.760 bits per heavy atom. The molecule has 10 rings (SSSR count). The Bertz CT molecular complexity index is 3060. The molecule has 0 saturated carbocycles. The zero-order chi connectivity index (χ0) is 33.2. The van der Waals surface area contributed by atoms with E-state index in [1.165, 1.54) is 54.2 Å². The molecule has 0 radical (unpaired) electrons.